The average molecular weight is 124 g/mol. The van der Waals surface area contributed by atoms with Crippen molar-refractivity contribution < 1.29 is 5.11 Å². The predicted octanol–water partition coefficient (Wildman–Crippen LogP) is 1.33. The fraction of sp³-hybridized carbons (Fsp3) is 0.750. The van der Waals surface area contributed by atoms with Crippen LogP contribution in [0.3, 0.4) is 0 Å². The molecule has 3 atom stereocenters. The monoisotopic (exact) mass is 124 g/mol. The van der Waals surface area contributed by atoms with E-state index in [0.29, 0.717) is 11.3 Å². The van der Waals surface area contributed by atoms with Crippen molar-refractivity contribution in [3.63, 3.8) is 0 Å². The van der Waals surface area contributed by atoms with Gasteiger partial charge in [0.25, 0.3) is 0 Å². The number of allylic oxidation sites excluding steroid dienone is 1. The van der Waals surface area contributed by atoms with Crippen molar-refractivity contribution in [1.82, 2.24) is 0 Å². The lowest BCUT2D eigenvalue weighted by atomic mass is 9.61. The van der Waals surface area contributed by atoms with Gasteiger partial charge in [-0.05, 0) is 18.3 Å². The summed E-state index contributed by atoms with van der Waals surface area (Å²) < 4.78 is 0. The summed E-state index contributed by atoms with van der Waals surface area (Å²) in [4.78, 5) is 0. The molecule has 0 radical (unpaired) electrons. The molecule has 0 aromatic heterocycles. The Labute approximate surface area is 55.4 Å². The van der Waals surface area contributed by atoms with Crippen LogP contribution in [0.4, 0.5) is 0 Å². The highest BCUT2D eigenvalue weighted by molar-refractivity contribution is 5.16. The Bertz CT molecular complexity index is 162. The van der Waals surface area contributed by atoms with E-state index in [2.05, 4.69) is 19.1 Å². The Morgan fingerprint density at radius 2 is 2.44 bits per heavy atom. The number of fused-ring (bicyclic) bond motifs is 1. The van der Waals surface area contributed by atoms with Crippen molar-refractivity contribution in [2.45, 2.75) is 25.9 Å². The summed E-state index contributed by atoms with van der Waals surface area (Å²) in [5.74, 6) is 0.484. The Balaban J connectivity index is 2.19. The van der Waals surface area contributed by atoms with Crippen LogP contribution >= 0.6 is 0 Å². The van der Waals surface area contributed by atoms with Crippen molar-refractivity contribution >= 4 is 0 Å². The van der Waals surface area contributed by atoms with Crippen molar-refractivity contribution in [2.75, 3.05) is 0 Å². The summed E-state index contributed by atoms with van der Waals surface area (Å²) in [6.07, 6.45) is 6.50. The fourth-order valence-electron chi connectivity index (χ4n) is 2.11. The summed E-state index contributed by atoms with van der Waals surface area (Å²) in [5, 5.41) is 9.23. The van der Waals surface area contributed by atoms with E-state index < -0.39 is 0 Å². The third kappa shape index (κ3) is 0.531. The molecule has 3 unspecified atom stereocenters. The van der Waals surface area contributed by atoms with Crippen LogP contribution in [0.25, 0.3) is 0 Å². The smallest absolute Gasteiger partial charge is 0.0613 e. The molecule has 0 heterocycles. The lowest BCUT2D eigenvalue weighted by Gasteiger charge is -2.46. The van der Waals surface area contributed by atoms with Crippen LogP contribution in [0.2, 0.25) is 0 Å². The number of aliphatic hydroxyl groups excluding tert-OH is 1. The van der Waals surface area contributed by atoms with Crippen LogP contribution in [0.1, 0.15) is 19.8 Å². The zero-order valence-corrected chi connectivity index (χ0v) is 5.67. The van der Waals surface area contributed by atoms with Gasteiger partial charge < -0.3 is 5.11 Å². The summed E-state index contributed by atoms with van der Waals surface area (Å²) in [6.45, 7) is 2.25. The minimum Gasteiger partial charge on any atom is -0.392 e. The normalized spacial score (nSPS) is 54.9. The molecule has 0 saturated heterocycles. The van der Waals surface area contributed by atoms with Gasteiger partial charge in [0.1, 0.15) is 0 Å². The number of rotatable bonds is 0. The highest BCUT2D eigenvalue weighted by Gasteiger charge is 2.49. The third-order valence-electron chi connectivity index (χ3n) is 2.82. The second-order valence-electron chi connectivity index (χ2n) is 3.58. The van der Waals surface area contributed by atoms with Gasteiger partial charge in [-0.25, -0.2) is 0 Å². The Hall–Kier alpha value is -0.300. The minimum atomic E-state index is -0.0336. The van der Waals surface area contributed by atoms with E-state index in [1.54, 1.807) is 0 Å². The number of hydrogen-bond donors (Lipinski definition) is 1. The first-order valence-electron chi connectivity index (χ1n) is 3.57. The SMILES string of the molecule is CC12CC=CC1C(O)C2. The van der Waals surface area contributed by atoms with E-state index >= 15 is 0 Å². The molecule has 2 rings (SSSR count). The molecule has 0 bridgehead atoms. The van der Waals surface area contributed by atoms with Gasteiger partial charge in [-0.1, -0.05) is 19.1 Å². The Morgan fingerprint density at radius 3 is 2.89 bits per heavy atom. The highest BCUT2D eigenvalue weighted by Crippen LogP contribution is 2.53. The average Bonchev–Trinajstić information content (AvgIpc) is 2.06. The molecular formula is C8H12O. The van der Waals surface area contributed by atoms with Crippen LogP contribution in [0, 0.1) is 11.3 Å². The lowest BCUT2D eigenvalue weighted by Crippen LogP contribution is -2.46. The summed E-state index contributed by atoms with van der Waals surface area (Å²) in [7, 11) is 0. The van der Waals surface area contributed by atoms with Gasteiger partial charge in [0.15, 0.2) is 0 Å². The Morgan fingerprint density at radius 1 is 1.67 bits per heavy atom. The number of hydrogen-bond acceptors (Lipinski definition) is 1. The maximum Gasteiger partial charge on any atom is 0.0613 e. The van der Waals surface area contributed by atoms with Gasteiger partial charge in [0.2, 0.25) is 0 Å². The molecule has 0 spiro atoms. The van der Waals surface area contributed by atoms with E-state index in [1.165, 1.54) is 6.42 Å². The molecule has 1 N–H and O–H groups in total. The van der Waals surface area contributed by atoms with Gasteiger partial charge >= 0.3 is 0 Å². The van der Waals surface area contributed by atoms with Crippen molar-refractivity contribution in [3.8, 4) is 0 Å². The summed E-state index contributed by atoms with van der Waals surface area (Å²) >= 11 is 0. The maximum absolute atomic E-state index is 9.23. The lowest BCUT2D eigenvalue weighted by molar-refractivity contribution is -0.0606. The predicted molar refractivity (Wildman–Crippen MR) is 36.0 cm³/mol. The minimum absolute atomic E-state index is 0.0336. The van der Waals surface area contributed by atoms with Crippen LogP contribution in [-0.4, -0.2) is 11.2 Å². The zero-order valence-electron chi connectivity index (χ0n) is 5.67. The van der Waals surface area contributed by atoms with E-state index in [1.807, 2.05) is 0 Å². The van der Waals surface area contributed by atoms with Gasteiger partial charge in [0.05, 0.1) is 6.10 Å². The standard InChI is InChI=1S/C8H12O/c1-8-4-2-3-6(8)7(9)5-8/h2-3,6-7,9H,4-5H2,1H3. The molecule has 0 aliphatic heterocycles. The second-order valence-corrected chi connectivity index (χ2v) is 3.58. The molecular weight excluding hydrogens is 112 g/mol. The molecule has 0 aromatic rings. The first-order valence-corrected chi connectivity index (χ1v) is 3.57. The van der Waals surface area contributed by atoms with Crippen LogP contribution in [0.5, 0.6) is 0 Å². The third-order valence-corrected chi connectivity index (χ3v) is 2.82. The zero-order chi connectivity index (χ0) is 6.48. The molecule has 0 amide bonds. The van der Waals surface area contributed by atoms with Crippen molar-refractivity contribution in [3.05, 3.63) is 12.2 Å². The van der Waals surface area contributed by atoms with Crippen LogP contribution < -0.4 is 0 Å². The van der Waals surface area contributed by atoms with Crippen molar-refractivity contribution in [1.29, 1.82) is 0 Å². The van der Waals surface area contributed by atoms with Crippen molar-refractivity contribution in [2.24, 2.45) is 11.3 Å². The molecule has 1 fully saturated rings. The van der Waals surface area contributed by atoms with Crippen LogP contribution in [0.15, 0.2) is 12.2 Å². The molecule has 2 aliphatic carbocycles. The van der Waals surface area contributed by atoms with Gasteiger partial charge in [-0.15, -0.1) is 0 Å². The number of aliphatic hydroxyl groups is 1. The van der Waals surface area contributed by atoms with E-state index in [-0.39, 0.29) is 6.10 Å². The van der Waals surface area contributed by atoms with E-state index in [4.69, 9.17) is 0 Å². The largest absolute Gasteiger partial charge is 0.392 e. The Kier molecular flexibility index (Phi) is 0.854. The molecule has 9 heavy (non-hydrogen) atoms. The molecule has 50 valence electrons. The molecule has 0 aromatic carbocycles. The van der Waals surface area contributed by atoms with E-state index in [9.17, 15) is 5.11 Å². The molecule has 2 aliphatic rings. The first-order chi connectivity index (χ1) is 4.22. The highest BCUT2D eigenvalue weighted by atomic mass is 16.3. The van der Waals surface area contributed by atoms with Crippen LogP contribution in [-0.2, 0) is 0 Å². The van der Waals surface area contributed by atoms with Gasteiger partial charge in [-0.2, -0.15) is 0 Å². The topological polar surface area (TPSA) is 20.2 Å². The van der Waals surface area contributed by atoms with Gasteiger partial charge in [-0.3, -0.25) is 0 Å². The maximum atomic E-state index is 9.23. The summed E-state index contributed by atoms with van der Waals surface area (Å²) in [6, 6.07) is 0. The molecule has 1 nitrogen and oxygen atoms in total. The van der Waals surface area contributed by atoms with E-state index in [0.717, 1.165) is 6.42 Å². The second kappa shape index (κ2) is 1.40. The van der Waals surface area contributed by atoms with Gasteiger partial charge in [0, 0.05) is 5.92 Å². The quantitative estimate of drug-likeness (QED) is 0.483. The molecule has 1 heteroatoms. The molecule has 1 saturated carbocycles. The fourth-order valence-corrected chi connectivity index (χ4v) is 2.11. The summed E-state index contributed by atoms with van der Waals surface area (Å²) in [5.41, 5.74) is 0.444. The first kappa shape index (κ1) is 5.48.